The normalized spacial score (nSPS) is 11.2. The predicted molar refractivity (Wildman–Crippen MR) is 61.1 cm³/mol. The Labute approximate surface area is 106 Å². The standard InChI is InChI=1S/C8H5Cl2NO5S/c1-4-2-5(8(9)12)7(17(10,15)16)3-6(4)11(13)14/h2-3H,1H3. The van der Waals surface area contributed by atoms with Crippen LogP contribution in [0.25, 0.3) is 0 Å². The van der Waals surface area contributed by atoms with Crippen LogP contribution in [0.1, 0.15) is 15.9 Å². The van der Waals surface area contributed by atoms with E-state index in [0.717, 1.165) is 6.07 Å². The Bertz CT molecular complexity index is 611. The van der Waals surface area contributed by atoms with E-state index in [1.54, 1.807) is 0 Å². The summed E-state index contributed by atoms with van der Waals surface area (Å²) in [5.74, 6) is 0. The molecule has 0 aliphatic rings. The van der Waals surface area contributed by atoms with Crippen molar-refractivity contribution in [2.75, 3.05) is 0 Å². The zero-order valence-electron chi connectivity index (χ0n) is 8.31. The van der Waals surface area contributed by atoms with Gasteiger partial charge in [0.15, 0.2) is 0 Å². The molecule has 1 aromatic carbocycles. The molecule has 0 N–H and O–H groups in total. The predicted octanol–water partition coefficient (Wildman–Crippen LogP) is 2.21. The zero-order chi connectivity index (χ0) is 13.4. The first-order valence-electron chi connectivity index (χ1n) is 4.08. The van der Waals surface area contributed by atoms with Crippen molar-refractivity contribution in [3.63, 3.8) is 0 Å². The summed E-state index contributed by atoms with van der Waals surface area (Å²) in [6, 6.07) is 1.73. The molecule has 0 bridgehead atoms. The van der Waals surface area contributed by atoms with E-state index in [1.807, 2.05) is 0 Å². The molecule has 0 aliphatic heterocycles. The van der Waals surface area contributed by atoms with Crippen molar-refractivity contribution < 1.29 is 18.1 Å². The third-order valence-corrected chi connectivity index (χ3v) is 3.53. The maximum Gasteiger partial charge on any atom is 0.273 e. The molecule has 0 saturated heterocycles. The van der Waals surface area contributed by atoms with E-state index in [4.69, 9.17) is 22.3 Å². The lowest BCUT2D eigenvalue weighted by molar-refractivity contribution is -0.385. The lowest BCUT2D eigenvalue weighted by Gasteiger charge is -2.04. The second-order valence-corrected chi connectivity index (χ2v) is 5.98. The van der Waals surface area contributed by atoms with Gasteiger partial charge >= 0.3 is 0 Å². The van der Waals surface area contributed by atoms with Crippen LogP contribution in [-0.2, 0) is 9.05 Å². The molecule has 0 fully saturated rings. The first-order valence-corrected chi connectivity index (χ1v) is 6.77. The minimum absolute atomic E-state index is 0.114. The average Bonchev–Trinajstić information content (AvgIpc) is 2.14. The number of hydrogen-bond acceptors (Lipinski definition) is 5. The van der Waals surface area contributed by atoms with Crippen LogP contribution in [0, 0.1) is 17.0 Å². The highest BCUT2D eigenvalue weighted by Gasteiger charge is 2.25. The van der Waals surface area contributed by atoms with Crippen LogP contribution in [0.3, 0.4) is 0 Å². The fourth-order valence-corrected chi connectivity index (χ4v) is 2.49. The molecule has 1 aromatic rings. The van der Waals surface area contributed by atoms with Gasteiger partial charge in [-0.1, -0.05) is 0 Å². The summed E-state index contributed by atoms with van der Waals surface area (Å²) in [7, 11) is 0.787. The van der Waals surface area contributed by atoms with Crippen molar-refractivity contribution >= 4 is 42.3 Å². The Morgan fingerprint density at radius 2 is 1.94 bits per heavy atom. The molecule has 0 atom stereocenters. The fourth-order valence-electron chi connectivity index (χ4n) is 1.23. The molecule has 92 valence electrons. The number of benzene rings is 1. The maximum atomic E-state index is 11.2. The van der Waals surface area contributed by atoms with Gasteiger partial charge in [0.2, 0.25) is 0 Å². The topological polar surface area (TPSA) is 94.3 Å². The van der Waals surface area contributed by atoms with E-state index in [1.165, 1.54) is 6.92 Å². The number of nitrogens with zero attached hydrogens (tertiary/aromatic N) is 1. The molecule has 0 saturated carbocycles. The van der Waals surface area contributed by atoms with Crippen LogP contribution >= 0.6 is 22.3 Å². The Balaban J connectivity index is 3.72. The number of halogens is 2. The van der Waals surface area contributed by atoms with Gasteiger partial charge in [0.25, 0.3) is 20.0 Å². The van der Waals surface area contributed by atoms with Crippen molar-refractivity contribution in [1.29, 1.82) is 0 Å². The first kappa shape index (κ1) is 13.9. The third-order valence-electron chi connectivity index (χ3n) is 1.97. The highest BCUT2D eigenvalue weighted by molar-refractivity contribution is 8.13. The summed E-state index contributed by atoms with van der Waals surface area (Å²) in [6.07, 6.45) is 0. The second kappa shape index (κ2) is 4.59. The van der Waals surface area contributed by atoms with Crippen LogP contribution in [-0.4, -0.2) is 18.6 Å². The number of carbonyl (C=O) groups is 1. The largest absolute Gasteiger partial charge is 0.276 e. The summed E-state index contributed by atoms with van der Waals surface area (Å²) in [6.45, 7) is 1.35. The Morgan fingerprint density at radius 1 is 1.41 bits per heavy atom. The molecule has 0 aromatic heterocycles. The van der Waals surface area contributed by atoms with E-state index >= 15 is 0 Å². The van der Waals surface area contributed by atoms with Crippen LogP contribution in [0.5, 0.6) is 0 Å². The minimum atomic E-state index is -4.29. The Kier molecular flexibility index (Phi) is 3.75. The number of hydrogen-bond donors (Lipinski definition) is 0. The lowest BCUT2D eigenvalue weighted by Crippen LogP contribution is -2.04. The maximum absolute atomic E-state index is 11.2. The lowest BCUT2D eigenvalue weighted by atomic mass is 10.1. The number of nitro groups is 1. The molecule has 1 rings (SSSR count). The second-order valence-electron chi connectivity index (χ2n) is 3.10. The molecule has 17 heavy (non-hydrogen) atoms. The van der Waals surface area contributed by atoms with Gasteiger partial charge in [0, 0.05) is 22.3 Å². The van der Waals surface area contributed by atoms with Gasteiger partial charge in [-0.2, -0.15) is 0 Å². The molecule has 0 spiro atoms. The monoisotopic (exact) mass is 297 g/mol. The smallest absolute Gasteiger partial charge is 0.273 e. The first-order chi connectivity index (χ1) is 7.64. The summed E-state index contributed by atoms with van der Waals surface area (Å²) in [5, 5.41) is 9.58. The van der Waals surface area contributed by atoms with Gasteiger partial charge in [-0.3, -0.25) is 14.9 Å². The molecule has 0 unspecified atom stereocenters. The fraction of sp³-hybridized carbons (Fsp3) is 0.125. The minimum Gasteiger partial charge on any atom is -0.276 e. The summed E-state index contributed by atoms with van der Waals surface area (Å²) in [5.41, 5.74) is -0.723. The molecule has 0 heterocycles. The van der Waals surface area contributed by atoms with Crippen molar-refractivity contribution in [3.05, 3.63) is 33.4 Å². The number of carbonyl (C=O) groups excluding carboxylic acids is 1. The zero-order valence-corrected chi connectivity index (χ0v) is 10.6. The Morgan fingerprint density at radius 3 is 2.29 bits per heavy atom. The van der Waals surface area contributed by atoms with E-state index in [-0.39, 0.29) is 11.1 Å². The highest BCUT2D eigenvalue weighted by atomic mass is 35.7. The van der Waals surface area contributed by atoms with Gasteiger partial charge in [-0.25, -0.2) is 8.42 Å². The summed E-state index contributed by atoms with van der Waals surface area (Å²) >= 11 is 5.19. The summed E-state index contributed by atoms with van der Waals surface area (Å²) in [4.78, 5) is 20.2. The number of nitro benzene ring substituents is 1. The van der Waals surface area contributed by atoms with Gasteiger partial charge in [0.1, 0.15) is 4.90 Å². The van der Waals surface area contributed by atoms with E-state index in [0.29, 0.717) is 6.07 Å². The number of rotatable bonds is 3. The van der Waals surface area contributed by atoms with Crippen LogP contribution < -0.4 is 0 Å². The summed E-state index contributed by atoms with van der Waals surface area (Å²) < 4.78 is 22.4. The molecule has 0 radical (unpaired) electrons. The van der Waals surface area contributed by atoms with Crippen molar-refractivity contribution in [3.8, 4) is 0 Å². The molecule has 6 nitrogen and oxygen atoms in total. The van der Waals surface area contributed by atoms with Gasteiger partial charge in [-0.05, 0) is 24.6 Å². The highest BCUT2D eigenvalue weighted by Crippen LogP contribution is 2.29. The Hall–Kier alpha value is -1.18. The van der Waals surface area contributed by atoms with Gasteiger partial charge in [0.05, 0.1) is 10.5 Å². The molecule has 0 aliphatic carbocycles. The molecular formula is C8H5Cl2NO5S. The molecular weight excluding hydrogens is 293 g/mol. The van der Waals surface area contributed by atoms with Crippen molar-refractivity contribution in [1.82, 2.24) is 0 Å². The quantitative estimate of drug-likeness (QED) is 0.484. The van der Waals surface area contributed by atoms with Crippen molar-refractivity contribution in [2.24, 2.45) is 0 Å². The van der Waals surface area contributed by atoms with Crippen LogP contribution in [0.4, 0.5) is 5.69 Å². The van der Waals surface area contributed by atoms with Gasteiger partial charge in [-0.15, -0.1) is 0 Å². The van der Waals surface area contributed by atoms with Crippen LogP contribution in [0.15, 0.2) is 17.0 Å². The number of aryl methyl sites for hydroxylation is 1. The van der Waals surface area contributed by atoms with E-state index in [2.05, 4.69) is 0 Å². The molecule has 0 amide bonds. The van der Waals surface area contributed by atoms with E-state index in [9.17, 15) is 23.3 Å². The molecule has 9 heteroatoms. The average molecular weight is 298 g/mol. The van der Waals surface area contributed by atoms with Crippen LogP contribution in [0.2, 0.25) is 0 Å². The van der Waals surface area contributed by atoms with E-state index < -0.39 is 29.8 Å². The SMILES string of the molecule is Cc1cc(C(=O)Cl)c(S(=O)(=O)Cl)cc1[N+](=O)[O-]. The van der Waals surface area contributed by atoms with Crippen molar-refractivity contribution in [2.45, 2.75) is 11.8 Å². The third kappa shape index (κ3) is 2.93. The van der Waals surface area contributed by atoms with Gasteiger partial charge < -0.3 is 0 Å².